The number of carbonyl (C=O) groups is 1. The second kappa shape index (κ2) is 7.81. The molecule has 1 aliphatic heterocycles. The van der Waals surface area contributed by atoms with Crippen LogP contribution in [0.3, 0.4) is 0 Å². The van der Waals surface area contributed by atoms with Crippen molar-refractivity contribution in [3.05, 3.63) is 41.2 Å². The summed E-state index contributed by atoms with van der Waals surface area (Å²) in [7, 11) is 1.92. The third-order valence-corrected chi connectivity index (χ3v) is 5.13. The van der Waals surface area contributed by atoms with Gasteiger partial charge in [0, 0.05) is 44.5 Å². The van der Waals surface area contributed by atoms with Crippen molar-refractivity contribution < 1.29 is 9.53 Å². The summed E-state index contributed by atoms with van der Waals surface area (Å²) in [6.07, 6.45) is 0.432. The average molecular weight is 356 g/mol. The van der Waals surface area contributed by atoms with Crippen molar-refractivity contribution in [2.45, 2.75) is 27.2 Å². The van der Waals surface area contributed by atoms with Crippen LogP contribution in [0.25, 0.3) is 0 Å². The van der Waals surface area contributed by atoms with Gasteiger partial charge in [0.25, 0.3) is 0 Å². The number of benzene rings is 1. The second-order valence-electron chi connectivity index (χ2n) is 6.72. The molecule has 0 atom stereocenters. The van der Waals surface area contributed by atoms with Gasteiger partial charge in [-0.2, -0.15) is 5.10 Å². The van der Waals surface area contributed by atoms with Gasteiger partial charge in [0.2, 0.25) is 5.91 Å². The molecule has 2 aromatic rings. The molecule has 0 saturated carbocycles. The molecule has 6 heteroatoms. The molecule has 6 nitrogen and oxygen atoms in total. The summed E-state index contributed by atoms with van der Waals surface area (Å²) in [5.74, 6) is 1.10. The van der Waals surface area contributed by atoms with E-state index < -0.39 is 0 Å². The van der Waals surface area contributed by atoms with Crippen molar-refractivity contribution in [3.63, 3.8) is 0 Å². The predicted octanol–water partition coefficient (Wildman–Crippen LogP) is 2.33. The minimum atomic E-state index is 0.182. The quantitative estimate of drug-likeness (QED) is 0.825. The van der Waals surface area contributed by atoms with Gasteiger partial charge >= 0.3 is 0 Å². The highest BCUT2D eigenvalue weighted by atomic mass is 16.5. The third-order valence-electron chi connectivity index (χ3n) is 5.13. The number of carbonyl (C=O) groups excluding carboxylic acids is 1. The number of nitrogens with zero attached hydrogens (tertiary/aromatic N) is 4. The Kier molecular flexibility index (Phi) is 5.49. The van der Waals surface area contributed by atoms with E-state index in [-0.39, 0.29) is 5.91 Å². The van der Waals surface area contributed by atoms with Gasteiger partial charge in [0.1, 0.15) is 5.75 Å². The number of ether oxygens (including phenoxy) is 1. The number of aryl methyl sites for hydroxylation is 2. The maximum absolute atomic E-state index is 12.7. The third kappa shape index (κ3) is 3.69. The van der Waals surface area contributed by atoms with Crippen molar-refractivity contribution in [2.75, 3.05) is 37.7 Å². The molecule has 1 fully saturated rings. The maximum Gasteiger partial charge on any atom is 0.227 e. The highest BCUT2D eigenvalue weighted by molar-refractivity contribution is 5.79. The molecule has 0 N–H and O–H groups in total. The summed E-state index contributed by atoms with van der Waals surface area (Å²) in [4.78, 5) is 17.0. The van der Waals surface area contributed by atoms with Gasteiger partial charge in [-0.15, -0.1) is 0 Å². The zero-order valence-electron chi connectivity index (χ0n) is 16.2. The number of rotatable bonds is 5. The summed E-state index contributed by atoms with van der Waals surface area (Å²) in [6, 6.07) is 8.12. The number of amides is 1. The Balaban J connectivity index is 1.62. The van der Waals surface area contributed by atoms with Crippen LogP contribution in [0.1, 0.15) is 23.9 Å². The van der Waals surface area contributed by atoms with Crippen molar-refractivity contribution in [2.24, 2.45) is 7.05 Å². The zero-order chi connectivity index (χ0) is 18.7. The smallest absolute Gasteiger partial charge is 0.227 e. The number of piperazine rings is 1. The standard InChI is InChI=1S/C20H28N4O2/c1-5-26-19-9-7-6-8-18(19)23-10-12-24(13-11-23)20(25)14-17-15(2)21-22(4)16(17)3/h6-9H,5,10-14H2,1-4H3. The van der Waals surface area contributed by atoms with Crippen molar-refractivity contribution in [1.82, 2.24) is 14.7 Å². The van der Waals surface area contributed by atoms with Gasteiger partial charge < -0.3 is 14.5 Å². The van der Waals surface area contributed by atoms with Gasteiger partial charge in [-0.05, 0) is 32.9 Å². The number of para-hydroxylation sites is 2. The lowest BCUT2D eigenvalue weighted by atomic mass is 10.1. The molecule has 0 unspecified atom stereocenters. The molecule has 0 spiro atoms. The Morgan fingerprint density at radius 3 is 2.46 bits per heavy atom. The first-order valence-corrected chi connectivity index (χ1v) is 9.25. The van der Waals surface area contributed by atoms with Crippen molar-refractivity contribution in [3.8, 4) is 5.75 Å². The highest BCUT2D eigenvalue weighted by Crippen LogP contribution is 2.29. The fourth-order valence-corrected chi connectivity index (χ4v) is 3.53. The molecule has 3 rings (SSSR count). The minimum Gasteiger partial charge on any atom is -0.492 e. The summed E-state index contributed by atoms with van der Waals surface area (Å²) >= 11 is 0. The molecule has 26 heavy (non-hydrogen) atoms. The summed E-state index contributed by atoms with van der Waals surface area (Å²) < 4.78 is 7.59. The second-order valence-corrected chi connectivity index (χ2v) is 6.72. The lowest BCUT2D eigenvalue weighted by Crippen LogP contribution is -2.49. The highest BCUT2D eigenvalue weighted by Gasteiger charge is 2.24. The largest absolute Gasteiger partial charge is 0.492 e. The SMILES string of the molecule is CCOc1ccccc1N1CCN(C(=O)Cc2c(C)nn(C)c2C)CC1. The Morgan fingerprint density at radius 2 is 1.85 bits per heavy atom. The predicted molar refractivity (Wildman–Crippen MR) is 103 cm³/mol. The first-order valence-electron chi connectivity index (χ1n) is 9.25. The van der Waals surface area contributed by atoms with Gasteiger partial charge in [0.05, 0.1) is 24.4 Å². The van der Waals surface area contributed by atoms with E-state index >= 15 is 0 Å². The van der Waals surface area contributed by atoms with E-state index in [1.165, 1.54) is 0 Å². The molecule has 2 heterocycles. The van der Waals surface area contributed by atoms with Crippen LogP contribution in [0, 0.1) is 13.8 Å². The van der Waals surface area contributed by atoms with Gasteiger partial charge in [-0.3, -0.25) is 9.48 Å². The average Bonchev–Trinajstić information content (AvgIpc) is 2.89. The zero-order valence-corrected chi connectivity index (χ0v) is 16.2. The van der Waals surface area contributed by atoms with Gasteiger partial charge in [-0.1, -0.05) is 12.1 Å². The van der Waals surface area contributed by atoms with E-state index in [9.17, 15) is 4.79 Å². The summed E-state index contributed by atoms with van der Waals surface area (Å²) in [6.45, 7) is 9.75. The van der Waals surface area contributed by atoms with Crippen LogP contribution >= 0.6 is 0 Å². The topological polar surface area (TPSA) is 50.6 Å². The molecule has 1 amide bonds. The Morgan fingerprint density at radius 1 is 1.15 bits per heavy atom. The van der Waals surface area contributed by atoms with Crippen LogP contribution < -0.4 is 9.64 Å². The van der Waals surface area contributed by atoms with E-state index in [2.05, 4.69) is 16.1 Å². The molecular weight excluding hydrogens is 328 g/mol. The lowest BCUT2D eigenvalue weighted by Gasteiger charge is -2.36. The van der Waals surface area contributed by atoms with Crippen LogP contribution in [0.5, 0.6) is 5.75 Å². The first-order chi connectivity index (χ1) is 12.5. The maximum atomic E-state index is 12.7. The molecule has 0 bridgehead atoms. The summed E-state index contributed by atoms with van der Waals surface area (Å²) in [5, 5.41) is 4.41. The van der Waals surface area contributed by atoms with Crippen LogP contribution in [-0.4, -0.2) is 53.4 Å². The van der Waals surface area contributed by atoms with E-state index in [0.717, 1.165) is 54.6 Å². The molecule has 1 aromatic carbocycles. The lowest BCUT2D eigenvalue weighted by molar-refractivity contribution is -0.130. The Labute approximate surface area is 155 Å². The van der Waals surface area contributed by atoms with Crippen LogP contribution in [0.15, 0.2) is 24.3 Å². The summed E-state index contributed by atoms with van der Waals surface area (Å²) in [5.41, 5.74) is 4.18. The van der Waals surface area contributed by atoms with Crippen LogP contribution in [0.4, 0.5) is 5.69 Å². The number of hydrogen-bond donors (Lipinski definition) is 0. The Bertz CT molecular complexity index is 776. The molecule has 0 aliphatic carbocycles. The van der Waals surface area contributed by atoms with Crippen LogP contribution in [0.2, 0.25) is 0 Å². The number of anilines is 1. The fraction of sp³-hybridized carbons (Fsp3) is 0.500. The van der Waals surface area contributed by atoms with Crippen LogP contribution in [-0.2, 0) is 18.3 Å². The van der Waals surface area contributed by atoms with Gasteiger partial charge in [0.15, 0.2) is 0 Å². The first kappa shape index (κ1) is 18.3. The fourth-order valence-electron chi connectivity index (χ4n) is 3.53. The van der Waals surface area contributed by atoms with Crippen molar-refractivity contribution >= 4 is 11.6 Å². The number of aromatic nitrogens is 2. The molecule has 0 radical (unpaired) electrons. The van der Waals surface area contributed by atoms with E-state index in [0.29, 0.717) is 13.0 Å². The monoisotopic (exact) mass is 356 g/mol. The molecule has 140 valence electrons. The molecule has 1 aromatic heterocycles. The van der Waals surface area contributed by atoms with E-state index in [4.69, 9.17) is 4.74 Å². The Hall–Kier alpha value is -2.50. The van der Waals surface area contributed by atoms with Gasteiger partial charge in [-0.25, -0.2) is 0 Å². The van der Waals surface area contributed by atoms with E-state index in [1.54, 1.807) is 0 Å². The normalized spacial score (nSPS) is 14.6. The molecule has 1 saturated heterocycles. The van der Waals surface area contributed by atoms with E-state index in [1.807, 2.05) is 55.6 Å². The molecule has 1 aliphatic rings. The minimum absolute atomic E-state index is 0.182. The van der Waals surface area contributed by atoms with Crippen molar-refractivity contribution in [1.29, 1.82) is 0 Å². The molecular formula is C20H28N4O2. The number of hydrogen-bond acceptors (Lipinski definition) is 4.